The van der Waals surface area contributed by atoms with E-state index in [4.69, 9.17) is 11.6 Å². The Balaban J connectivity index is 1.89. The van der Waals surface area contributed by atoms with Crippen LogP contribution in [0.2, 0.25) is 5.02 Å². The molecule has 1 unspecified atom stereocenters. The normalized spacial score (nSPS) is 18.2. The molecule has 1 aromatic carbocycles. The van der Waals surface area contributed by atoms with Crippen molar-refractivity contribution in [3.8, 4) is 0 Å². The van der Waals surface area contributed by atoms with Gasteiger partial charge in [0.15, 0.2) is 0 Å². The Morgan fingerprint density at radius 3 is 2.90 bits per heavy atom. The van der Waals surface area contributed by atoms with Crippen LogP contribution in [-0.2, 0) is 7.05 Å². The van der Waals surface area contributed by atoms with Gasteiger partial charge in [-0.3, -0.25) is 9.48 Å². The number of carbonyl (C=O) groups is 1. The van der Waals surface area contributed by atoms with Gasteiger partial charge in [-0.05, 0) is 43.5 Å². The van der Waals surface area contributed by atoms with Crippen LogP contribution < -0.4 is 0 Å². The standard InChI is InChI=1S/C16H18ClN3O/c1-11-8-13(17)5-6-14(11)16(21)20-7-3-4-15(20)12-9-18-19(2)10-12/h5-6,8-10,15H,3-4,7H2,1-2H3. The molecule has 1 amide bonds. The van der Waals surface area contributed by atoms with E-state index in [1.807, 2.05) is 43.4 Å². The lowest BCUT2D eigenvalue weighted by Crippen LogP contribution is -2.30. The maximum Gasteiger partial charge on any atom is 0.254 e. The maximum absolute atomic E-state index is 12.8. The average Bonchev–Trinajstić information content (AvgIpc) is 3.06. The molecule has 0 spiro atoms. The number of benzene rings is 1. The summed E-state index contributed by atoms with van der Waals surface area (Å²) in [6.45, 7) is 2.72. The van der Waals surface area contributed by atoms with Crippen molar-refractivity contribution in [3.05, 3.63) is 52.3 Å². The fraction of sp³-hybridized carbons (Fsp3) is 0.375. The van der Waals surface area contributed by atoms with Crippen LogP contribution in [0.15, 0.2) is 30.6 Å². The number of carbonyl (C=O) groups excluding carboxylic acids is 1. The number of likely N-dealkylation sites (tertiary alicyclic amines) is 1. The monoisotopic (exact) mass is 303 g/mol. The van der Waals surface area contributed by atoms with Crippen molar-refractivity contribution in [2.45, 2.75) is 25.8 Å². The number of hydrogen-bond acceptors (Lipinski definition) is 2. The van der Waals surface area contributed by atoms with E-state index in [1.165, 1.54) is 0 Å². The molecule has 0 saturated carbocycles. The molecule has 1 aliphatic rings. The van der Waals surface area contributed by atoms with E-state index in [1.54, 1.807) is 10.7 Å². The van der Waals surface area contributed by atoms with Crippen molar-refractivity contribution in [3.63, 3.8) is 0 Å². The second kappa shape index (κ2) is 5.53. The highest BCUT2D eigenvalue weighted by Gasteiger charge is 2.31. The molecule has 1 aliphatic heterocycles. The summed E-state index contributed by atoms with van der Waals surface area (Å²) in [6, 6.07) is 5.56. The summed E-state index contributed by atoms with van der Waals surface area (Å²) in [7, 11) is 1.90. The predicted molar refractivity (Wildman–Crippen MR) is 82.4 cm³/mol. The molecule has 0 radical (unpaired) electrons. The van der Waals surface area contributed by atoms with Gasteiger partial charge < -0.3 is 4.90 Å². The highest BCUT2D eigenvalue weighted by Crippen LogP contribution is 2.33. The molecule has 110 valence electrons. The van der Waals surface area contributed by atoms with Gasteiger partial charge in [-0.2, -0.15) is 5.10 Å². The van der Waals surface area contributed by atoms with E-state index in [0.29, 0.717) is 5.02 Å². The molecule has 4 nitrogen and oxygen atoms in total. The Kier molecular flexibility index (Phi) is 3.72. The summed E-state index contributed by atoms with van der Waals surface area (Å²) in [5.74, 6) is 0.0792. The smallest absolute Gasteiger partial charge is 0.254 e. The summed E-state index contributed by atoms with van der Waals surface area (Å²) in [5.41, 5.74) is 2.76. The highest BCUT2D eigenvalue weighted by molar-refractivity contribution is 6.30. The topological polar surface area (TPSA) is 38.1 Å². The van der Waals surface area contributed by atoms with Gasteiger partial charge in [0.2, 0.25) is 0 Å². The van der Waals surface area contributed by atoms with Crippen LogP contribution in [-0.4, -0.2) is 27.1 Å². The number of rotatable bonds is 2. The third-order valence-corrected chi connectivity index (χ3v) is 4.28. The van der Waals surface area contributed by atoms with Crippen LogP contribution >= 0.6 is 11.6 Å². The fourth-order valence-corrected chi connectivity index (χ4v) is 3.22. The summed E-state index contributed by atoms with van der Waals surface area (Å²) in [4.78, 5) is 14.8. The van der Waals surface area contributed by atoms with Gasteiger partial charge in [-0.1, -0.05) is 11.6 Å². The average molecular weight is 304 g/mol. The number of hydrogen-bond donors (Lipinski definition) is 0. The van der Waals surface area contributed by atoms with E-state index < -0.39 is 0 Å². The number of amides is 1. The van der Waals surface area contributed by atoms with E-state index >= 15 is 0 Å². The minimum absolute atomic E-state index is 0.0792. The Labute approximate surface area is 129 Å². The molecular weight excluding hydrogens is 286 g/mol. The Hall–Kier alpha value is -1.81. The van der Waals surface area contributed by atoms with Crippen molar-refractivity contribution >= 4 is 17.5 Å². The lowest BCUT2D eigenvalue weighted by Gasteiger charge is -2.24. The first-order chi connectivity index (χ1) is 10.1. The Bertz CT molecular complexity index is 680. The molecule has 1 aromatic heterocycles. The van der Waals surface area contributed by atoms with E-state index in [9.17, 15) is 4.79 Å². The molecule has 2 aromatic rings. The van der Waals surface area contributed by atoms with Crippen LogP contribution in [0, 0.1) is 6.92 Å². The number of nitrogens with zero attached hydrogens (tertiary/aromatic N) is 3. The first-order valence-electron chi connectivity index (χ1n) is 7.12. The van der Waals surface area contributed by atoms with Crippen molar-refractivity contribution < 1.29 is 4.79 Å². The van der Waals surface area contributed by atoms with Gasteiger partial charge in [0.25, 0.3) is 5.91 Å². The van der Waals surface area contributed by atoms with E-state index in [-0.39, 0.29) is 11.9 Å². The van der Waals surface area contributed by atoms with Crippen molar-refractivity contribution in [1.82, 2.24) is 14.7 Å². The molecule has 0 N–H and O–H groups in total. The van der Waals surface area contributed by atoms with Crippen molar-refractivity contribution in [2.75, 3.05) is 6.54 Å². The lowest BCUT2D eigenvalue weighted by molar-refractivity contribution is 0.0735. The van der Waals surface area contributed by atoms with Crippen LogP contribution in [0.25, 0.3) is 0 Å². The maximum atomic E-state index is 12.8. The van der Waals surface area contributed by atoms with Crippen LogP contribution in [0.1, 0.15) is 40.4 Å². The SMILES string of the molecule is Cc1cc(Cl)ccc1C(=O)N1CCCC1c1cnn(C)c1. The predicted octanol–water partition coefficient (Wildman–Crippen LogP) is 3.36. The fourth-order valence-electron chi connectivity index (χ4n) is 2.99. The van der Waals surface area contributed by atoms with Crippen molar-refractivity contribution in [1.29, 1.82) is 0 Å². The Morgan fingerprint density at radius 2 is 2.24 bits per heavy atom. The minimum atomic E-state index is 0.0792. The van der Waals surface area contributed by atoms with Gasteiger partial charge >= 0.3 is 0 Å². The minimum Gasteiger partial charge on any atom is -0.331 e. The third-order valence-electron chi connectivity index (χ3n) is 4.04. The van der Waals surface area contributed by atoms with Gasteiger partial charge in [-0.15, -0.1) is 0 Å². The quantitative estimate of drug-likeness (QED) is 0.853. The summed E-state index contributed by atoms with van der Waals surface area (Å²) >= 11 is 5.97. The lowest BCUT2D eigenvalue weighted by atomic mass is 10.1. The second-order valence-electron chi connectivity index (χ2n) is 5.56. The van der Waals surface area contributed by atoms with Gasteiger partial charge in [0.1, 0.15) is 0 Å². The summed E-state index contributed by atoms with van der Waals surface area (Å²) in [6.07, 6.45) is 5.86. The van der Waals surface area contributed by atoms with Crippen molar-refractivity contribution in [2.24, 2.45) is 7.05 Å². The molecule has 5 heteroatoms. The molecule has 3 rings (SSSR count). The molecule has 21 heavy (non-hydrogen) atoms. The number of aromatic nitrogens is 2. The first-order valence-corrected chi connectivity index (χ1v) is 7.50. The largest absolute Gasteiger partial charge is 0.331 e. The van der Waals surface area contributed by atoms with Crippen LogP contribution in [0.3, 0.4) is 0 Å². The summed E-state index contributed by atoms with van der Waals surface area (Å²) < 4.78 is 1.78. The van der Waals surface area contributed by atoms with Gasteiger partial charge in [0, 0.05) is 35.9 Å². The number of halogens is 1. The Morgan fingerprint density at radius 1 is 1.43 bits per heavy atom. The highest BCUT2D eigenvalue weighted by atomic mass is 35.5. The first kappa shape index (κ1) is 14.1. The molecule has 1 atom stereocenters. The molecule has 2 heterocycles. The zero-order valence-corrected chi connectivity index (χ0v) is 13.0. The molecular formula is C16H18ClN3O. The molecule has 1 saturated heterocycles. The summed E-state index contributed by atoms with van der Waals surface area (Å²) in [5, 5.41) is 4.88. The third kappa shape index (κ3) is 2.68. The molecule has 0 aliphatic carbocycles. The van der Waals surface area contributed by atoms with E-state index in [0.717, 1.165) is 36.1 Å². The molecule has 1 fully saturated rings. The second-order valence-corrected chi connectivity index (χ2v) is 6.00. The zero-order chi connectivity index (χ0) is 15.0. The van der Waals surface area contributed by atoms with Crippen LogP contribution in [0.5, 0.6) is 0 Å². The van der Waals surface area contributed by atoms with Crippen LogP contribution in [0.4, 0.5) is 0 Å². The molecule has 0 bridgehead atoms. The van der Waals surface area contributed by atoms with Gasteiger partial charge in [0.05, 0.1) is 12.2 Å². The van der Waals surface area contributed by atoms with Gasteiger partial charge in [-0.25, -0.2) is 0 Å². The number of aryl methyl sites for hydroxylation is 2. The zero-order valence-electron chi connectivity index (χ0n) is 12.2. The van der Waals surface area contributed by atoms with E-state index in [2.05, 4.69) is 5.10 Å².